The number of thioether (sulfide) groups is 1. The number of fused-ring (bicyclic) bond motifs is 1. The van der Waals surface area contributed by atoms with Crippen LogP contribution >= 0.6 is 23.1 Å². The highest BCUT2D eigenvalue weighted by Gasteiger charge is 2.27. The van der Waals surface area contributed by atoms with Crippen molar-refractivity contribution in [1.29, 1.82) is 5.26 Å². The fraction of sp³-hybridized carbons (Fsp3) is 0.227. The summed E-state index contributed by atoms with van der Waals surface area (Å²) in [5, 5.41) is 18.9. The number of thiophene rings is 1. The van der Waals surface area contributed by atoms with Crippen molar-refractivity contribution >= 4 is 57.6 Å². The van der Waals surface area contributed by atoms with Gasteiger partial charge in [0, 0.05) is 40.7 Å². The van der Waals surface area contributed by atoms with Crippen molar-refractivity contribution in [3.05, 3.63) is 135 Å². The summed E-state index contributed by atoms with van der Waals surface area (Å²) in [7, 11) is 4.48. The van der Waals surface area contributed by atoms with E-state index in [1.165, 1.54) is 56.1 Å². The highest BCUT2D eigenvalue weighted by Crippen LogP contribution is 2.40. The van der Waals surface area contributed by atoms with Gasteiger partial charge in [-0.2, -0.15) is 5.26 Å². The molecule has 0 saturated heterocycles. The second-order valence-corrected chi connectivity index (χ2v) is 15.5. The maximum atomic E-state index is 13.9. The van der Waals surface area contributed by atoms with Gasteiger partial charge in [-0.3, -0.25) is 19.3 Å². The molecule has 5 aromatic rings. The summed E-state index contributed by atoms with van der Waals surface area (Å²) in [6, 6.07) is 31.7. The Morgan fingerprint density at radius 2 is 1.61 bits per heavy atom. The topological polar surface area (TPSA) is 142 Å². The predicted molar refractivity (Wildman–Crippen MR) is 225 cm³/mol. The number of ether oxygens (including phenoxy) is 3. The van der Waals surface area contributed by atoms with E-state index in [9.17, 15) is 19.6 Å². The highest BCUT2D eigenvalue weighted by atomic mass is 32.2. The summed E-state index contributed by atoms with van der Waals surface area (Å²) >= 11 is 2.84. The molecule has 0 spiro atoms. The maximum Gasteiger partial charge on any atom is 0.272 e. The maximum absolute atomic E-state index is 13.9. The zero-order chi connectivity index (χ0) is 40.3. The Labute approximate surface area is 340 Å². The van der Waals surface area contributed by atoms with Gasteiger partial charge in [-0.05, 0) is 78.1 Å². The number of amides is 3. The van der Waals surface area contributed by atoms with Gasteiger partial charge in [0.15, 0.2) is 11.5 Å². The van der Waals surface area contributed by atoms with E-state index in [-0.39, 0.29) is 11.6 Å². The molecule has 2 heterocycles. The van der Waals surface area contributed by atoms with Crippen molar-refractivity contribution in [3.8, 4) is 23.3 Å². The van der Waals surface area contributed by atoms with E-state index in [1.54, 1.807) is 60.7 Å². The number of methoxy groups -OCH3 is 3. The molecule has 1 unspecified atom stereocenters. The third-order valence-corrected chi connectivity index (χ3v) is 11.8. The van der Waals surface area contributed by atoms with Crippen molar-refractivity contribution < 1.29 is 28.6 Å². The number of carbonyl (C=O) groups excluding carboxylic acids is 3. The number of anilines is 2. The lowest BCUT2D eigenvalue weighted by Gasteiger charge is -2.26. The molecule has 13 heteroatoms. The molecule has 0 saturated carbocycles. The highest BCUT2D eigenvalue weighted by molar-refractivity contribution is 8.00. The van der Waals surface area contributed by atoms with E-state index in [1.807, 2.05) is 31.2 Å². The lowest BCUT2D eigenvalue weighted by molar-refractivity contribution is -0.116. The quantitative estimate of drug-likeness (QED) is 0.0707. The largest absolute Gasteiger partial charge is 0.493 e. The van der Waals surface area contributed by atoms with Gasteiger partial charge in [-0.1, -0.05) is 61.5 Å². The SMILES string of the molecule is CCC(Sc1cccc(NC(=O)/C(=C\c2cc(OC)c(OC)c(OC)c2)NC(=O)c2ccccc2)c1)C(=O)Nc1sc2c(c1C#N)CCN(Cc1ccccc1)C2. The van der Waals surface area contributed by atoms with Gasteiger partial charge >= 0.3 is 0 Å². The third kappa shape index (κ3) is 10.0. The number of rotatable bonds is 15. The summed E-state index contributed by atoms with van der Waals surface area (Å²) in [4.78, 5) is 45.1. The first-order chi connectivity index (χ1) is 27.7. The first kappa shape index (κ1) is 40.6. The minimum atomic E-state index is -0.576. The number of nitrogens with one attached hydrogen (secondary N) is 3. The van der Waals surface area contributed by atoms with E-state index in [4.69, 9.17) is 14.2 Å². The van der Waals surface area contributed by atoms with Crippen molar-refractivity contribution in [3.63, 3.8) is 0 Å². The Morgan fingerprint density at radius 3 is 2.26 bits per heavy atom. The normalized spacial score (nSPS) is 13.1. The first-order valence-electron chi connectivity index (χ1n) is 18.3. The molecule has 57 heavy (non-hydrogen) atoms. The Bertz CT molecular complexity index is 2280. The van der Waals surface area contributed by atoms with E-state index in [2.05, 4.69) is 39.1 Å². The van der Waals surface area contributed by atoms with Crippen molar-refractivity contribution in [2.45, 2.75) is 43.0 Å². The van der Waals surface area contributed by atoms with Crippen molar-refractivity contribution in [1.82, 2.24) is 10.2 Å². The van der Waals surface area contributed by atoms with Crippen molar-refractivity contribution in [2.24, 2.45) is 0 Å². The van der Waals surface area contributed by atoms with E-state index in [0.717, 1.165) is 41.4 Å². The van der Waals surface area contributed by atoms with Crippen LogP contribution < -0.4 is 30.2 Å². The van der Waals surface area contributed by atoms with E-state index >= 15 is 0 Å². The molecule has 6 rings (SSSR count). The molecule has 11 nitrogen and oxygen atoms in total. The molecule has 292 valence electrons. The van der Waals surface area contributed by atoms with Crippen LogP contribution in [0.4, 0.5) is 10.7 Å². The molecular formula is C44H43N5O6S2. The lowest BCUT2D eigenvalue weighted by Crippen LogP contribution is -2.30. The monoisotopic (exact) mass is 801 g/mol. The van der Waals surface area contributed by atoms with Gasteiger partial charge < -0.3 is 30.2 Å². The molecule has 3 N–H and O–H groups in total. The van der Waals surface area contributed by atoms with Gasteiger partial charge in [0.25, 0.3) is 11.8 Å². The van der Waals surface area contributed by atoms with Gasteiger partial charge in [0.1, 0.15) is 16.8 Å². The fourth-order valence-electron chi connectivity index (χ4n) is 6.46. The van der Waals surface area contributed by atoms with Gasteiger partial charge in [-0.15, -0.1) is 23.1 Å². The zero-order valence-corrected chi connectivity index (χ0v) is 33.7. The van der Waals surface area contributed by atoms with Crippen LogP contribution in [0.3, 0.4) is 0 Å². The summed E-state index contributed by atoms with van der Waals surface area (Å²) < 4.78 is 16.4. The molecule has 1 atom stereocenters. The predicted octanol–water partition coefficient (Wildman–Crippen LogP) is 8.12. The van der Waals surface area contributed by atoms with Crippen LogP contribution in [0.25, 0.3) is 6.08 Å². The number of hydrogen-bond acceptors (Lipinski definition) is 10. The van der Waals surface area contributed by atoms with Gasteiger partial charge in [0.05, 0.1) is 32.1 Å². The number of nitriles is 1. The average molecular weight is 802 g/mol. The molecule has 1 aliphatic heterocycles. The Morgan fingerprint density at radius 1 is 0.912 bits per heavy atom. The molecule has 0 fully saturated rings. The van der Waals surface area contributed by atoms with Crippen LogP contribution in [0, 0.1) is 11.3 Å². The Hall–Kier alpha value is -6.07. The average Bonchev–Trinajstić information content (AvgIpc) is 3.58. The molecule has 4 aromatic carbocycles. The number of benzene rings is 4. The standard InChI is InChI=1S/C44H43N5O6S2/c1-5-38(43(52)48-44-34(25-45)33-19-20-49(27-39(33)57-44)26-28-13-8-6-9-14-28)56-32-18-12-17-31(24-32)46-42(51)35(47-41(50)30-15-10-7-11-16-30)21-29-22-36(53-2)40(55-4)37(23-29)54-3/h6-18,21-24,38H,5,19-20,26-27H2,1-4H3,(H,46,51)(H,47,50)(H,48,52)/b35-21+. The van der Waals surface area contributed by atoms with Crippen LogP contribution in [0.2, 0.25) is 0 Å². The molecule has 0 aliphatic carbocycles. The second-order valence-electron chi connectivity index (χ2n) is 13.1. The molecular weight excluding hydrogens is 759 g/mol. The Kier molecular flexibility index (Phi) is 13.7. The second kappa shape index (κ2) is 19.2. The van der Waals surface area contributed by atoms with Crippen LogP contribution in [-0.4, -0.2) is 55.7 Å². The summed E-state index contributed by atoms with van der Waals surface area (Å²) in [6.07, 6.45) is 2.80. The van der Waals surface area contributed by atoms with E-state index in [0.29, 0.717) is 51.0 Å². The van der Waals surface area contributed by atoms with Gasteiger partial charge in [-0.25, -0.2) is 0 Å². The summed E-state index contributed by atoms with van der Waals surface area (Å²) in [5.41, 5.74) is 4.12. The summed E-state index contributed by atoms with van der Waals surface area (Å²) in [6.45, 7) is 4.31. The minimum Gasteiger partial charge on any atom is -0.493 e. The van der Waals surface area contributed by atoms with Crippen LogP contribution in [0.5, 0.6) is 17.2 Å². The van der Waals surface area contributed by atoms with Crippen LogP contribution in [0.15, 0.2) is 108 Å². The number of carbonyl (C=O) groups is 3. The van der Waals surface area contributed by atoms with Crippen molar-refractivity contribution in [2.75, 3.05) is 38.5 Å². The Balaban J connectivity index is 1.17. The van der Waals surface area contributed by atoms with Crippen LogP contribution in [-0.2, 0) is 29.1 Å². The molecule has 0 radical (unpaired) electrons. The minimum absolute atomic E-state index is 0.0304. The number of nitrogens with zero attached hydrogens (tertiary/aromatic N) is 2. The van der Waals surface area contributed by atoms with Crippen LogP contribution in [0.1, 0.15) is 50.8 Å². The molecule has 3 amide bonds. The fourth-order valence-corrected chi connectivity index (χ4v) is 8.71. The summed E-state index contributed by atoms with van der Waals surface area (Å²) in [5.74, 6) is -0.105. The molecule has 0 bridgehead atoms. The van der Waals surface area contributed by atoms with E-state index < -0.39 is 17.1 Å². The van der Waals surface area contributed by atoms with Gasteiger partial charge in [0.2, 0.25) is 11.7 Å². The smallest absolute Gasteiger partial charge is 0.272 e. The first-order valence-corrected chi connectivity index (χ1v) is 20.0. The number of hydrogen-bond donors (Lipinski definition) is 3. The third-order valence-electron chi connectivity index (χ3n) is 9.29. The molecule has 1 aliphatic rings. The zero-order valence-electron chi connectivity index (χ0n) is 32.1. The lowest BCUT2D eigenvalue weighted by atomic mass is 10.0. The molecule has 1 aromatic heterocycles.